The number of nitrogens with one attached hydrogen (secondary N) is 1. The maximum atomic E-state index is 14.2. The third-order valence-corrected chi connectivity index (χ3v) is 5.93. The summed E-state index contributed by atoms with van der Waals surface area (Å²) in [6, 6.07) is 9.76. The van der Waals surface area contributed by atoms with Crippen molar-refractivity contribution in [3.63, 3.8) is 0 Å². The summed E-state index contributed by atoms with van der Waals surface area (Å²) >= 11 is 7.54. The first-order chi connectivity index (χ1) is 12.9. The average Bonchev–Trinajstić information content (AvgIpc) is 2.65. The molecular formula is C20H20ClFN2O2S. The van der Waals surface area contributed by atoms with Crippen LogP contribution in [0.15, 0.2) is 41.3 Å². The lowest BCUT2D eigenvalue weighted by Gasteiger charge is -2.30. The molecule has 142 valence electrons. The van der Waals surface area contributed by atoms with E-state index in [9.17, 15) is 14.0 Å². The highest BCUT2D eigenvalue weighted by molar-refractivity contribution is 8.00. The minimum atomic E-state index is -0.458. The number of halogens is 2. The lowest BCUT2D eigenvalue weighted by Crippen LogP contribution is -2.36. The van der Waals surface area contributed by atoms with Crippen molar-refractivity contribution in [2.75, 3.05) is 10.7 Å². The molecule has 4 nitrogen and oxygen atoms in total. The summed E-state index contributed by atoms with van der Waals surface area (Å²) in [6.07, 6.45) is 0.822. The average molecular weight is 407 g/mol. The fourth-order valence-corrected chi connectivity index (χ4v) is 3.91. The highest BCUT2D eigenvalue weighted by Crippen LogP contribution is 2.37. The fourth-order valence-electron chi connectivity index (χ4n) is 2.77. The van der Waals surface area contributed by atoms with E-state index in [4.69, 9.17) is 11.6 Å². The molecule has 0 aromatic heterocycles. The number of carbonyl (C=O) groups is 2. The largest absolute Gasteiger partial charge is 0.350 e. The van der Waals surface area contributed by atoms with Gasteiger partial charge in [-0.2, -0.15) is 0 Å². The first-order valence-corrected chi connectivity index (χ1v) is 10.1. The second-order valence-electron chi connectivity index (χ2n) is 6.43. The van der Waals surface area contributed by atoms with Crippen LogP contribution in [0.2, 0.25) is 5.02 Å². The van der Waals surface area contributed by atoms with E-state index in [0.29, 0.717) is 11.3 Å². The molecule has 2 aromatic carbocycles. The molecule has 2 aromatic rings. The van der Waals surface area contributed by atoms with Crippen LogP contribution in [-0.4, -0.2) is 23.6 Å². The topological polar surface area (TPSA) is 49.4 Å². The molecule has 0 unspecified atom stereocenters. The van der Waals surface area contributed by atoms with Gasteiger partial charge in [0.15, 0.2) is 0 Å². The molecule has 0 bridgehead atoms. The maximum absolute atomic E-state index is 14.2. The predicted molar refractivity (Wildman–Crippen MR) is 107 cm³/mol. The zero-order valence-corrected chi connectivity index (χ0v) is 16.7. The molecule has 0 fully saturated rings. The summed E-state index contributed by atoms with van der Waals surface area (Å²) in [4.78, 5) is 27.4. The standard InChI is InChI=1S/C20H20ClFN2O2S/c1-3-12(2)23-20(26)13-7-8-18-17(9-13)24(19(25)11-27-18)10-14-15(21)5-4-6-16(14)22/h4-9,12H,3,10-11H2,1-2H3,(H,23,26)/t12-/m1/s1. The number of hydrogen-bond donors (Lipinski definition) is 1. The van der Waals surface area contributed by atoms with E-state index in [0.717, 1.165) is 11.3 Å². The Hall–Kier alpha value is -2.05. The van der Waals surface area contributed by atoms with Crippen LogP contribution >= 0.6 is 23.4 Å². The van der Waals surface area contributed by atoms with Gasteiger partial charge in [-0.25, -0.2) is 4.39 Å². The van der Waals surface area contributed by atoms with Crippen LogP contribution in [0.25, 0.3) is 0 Å². The molecule has 0 spiro atoms. The summed E-state index contributed by atoms with van der Waals surface area (Å²) in [5, 5.41) is 3.19. The van der Waals surface area contributed by atoms with Crippen LogP contribution in [0.3, 0.4) is 0 Å². The van der Waals surface area contributed by atoms with Gasteiger partial charge < -0.3 is 10.2 Å². The lowest BCUT2D eigenvalue weighted by molar-refractivity contribution is -0.116. The summed E-state index contributed by atoms with van der Waals surface area (Å²) in [7, 11) is 0. The summed E-state index contributed by atoms with van der Waals surface area (Å²) in [5.74, 6) is -0.539. The van der Waals surface area contributed by atoms with Gasteiger partial charge in [0.1, 0.15) is 5.82 Å². The molecule has 0 aliphatic carbocycles. The van der Waals surface area contributed by atoms with Crippen LogP contribution in [0.4, 0.5) is 10.1 Å². The van der Waals surface area contributed by atoms with Crippen LogP contribution in [0.1, 0.15) is 36.2 Å². The lowest BCUT2D eigenvalue weighted by atomic mass is 10.1. The van der Waals surface area contributed by atoms with E-state index >= 15 is 0 Å². The number of hydrogen-bond acceptors (Lipinski definition) is 3. The highest BCUT2D eigenvalue weighted by Gasteiger charge is 2.27. The van der Waals surface area contributed by atoms with Crippen LogP contribution < -0.4 is 10.2 Å². The van der Waals surface area contributed by atoms with Gasteiger partial charge in [-0.05, 0) is 43.7 Å². The van der Waals surface area contributed by atoms with Crippen LogP contribution in [-0.2, 0) is 11.3 Å². The van der Waals surface area contributed by atoms with Gasteiger partial charge in [-0.15, -0.1) is 11.8 Å². The second-order valence-corrected chi connectivity index (χ2v) is 7.86. The Labute approximate surface area is 167 Å². The molecule has 0 saturated carbocycles. The Morgan fingerprint density at radius 2 is 2.15 bits per heavy atom. The number of fused-ring (bicyclic) bond motifs is 1. The maximum Gasteiger partial charge on any atom is 0.251 e. The number of rotatable bonds is 5. The Bertz CT molecular complexity index is 870. The van der Waals surface area contributed by atoms with Crippen molar-refractivity contribution < 1.29 is 14.0 Å². The molecule has 0 saturated heterocycles. The third-order valence-electron chi connectivity index (χ3n) is 4.53. The molecule has 27 heavy (non-hydrogen) atoms. The molecule has 1 N–H and O–H groups in total. The first-order valence-electron chi connectivity index (χ1n) is 8.71. The van der Waals surface area contributed by atoms with E-state index in [-0.39, 0.29) is 40.7 Å². The normalized spacial score (nSPS) is 14.7. The number of amides is 2. The van der Waals surface area contributed by atoms with Gasteiger partial charge in [-0.3, -0.25) is 9.59 Å². The second kappa shape index (κ2) is 8.31. The summed E-state index contributed by atoms with van der Waals surface area (Å²) < 4.78 is 14.2. The molecule has 0 radical (unpaired) electrons. The van der Waals surface area contributed by atoms with Gasteiger partial charge in [-0.1, -0.05) is 24.6 Å². The van der Waals surface area contributed by atoms with Crippen molar-refractivity contribution in [3.05, 3.63) is 58.4 Å². The van der Waals surface area contributed by atoms with Crippen molar-refractivity contribution in [1.29, 1.82) is 0 Å². The highest BCUT2D eigenvalue weighted by atomic mass is 35.5. The molecule has 7 heteroatoms. The van der Waals surface area contributed by atoms with E-state index < -0.39 is 5.82 Å². The van der Waals surface area contributed by atoms with Gasteiger partial charge in [0.25, 0.3) is 5.91 Å². The molecule has 1 atom stereocenters. The van der Waals surface area contributed by atoms with Gasteiger partial charge in [0.05, 0.1) is 18.0 Å². The number of anilines is 1. The Balaban J connectivity index is 1.95. The first kappa shape index (κ1) is 19.7. The Morgan fingerprint density at radius 3 is 2.85 bits per heavy atom. The van der Waals surface area contributed by atoms with Gasteiger partial charge in [0.2, 0.25) is 5.91 Å². The van der Waals surface area contributed by atoms with Crippen molar-refractivity contribution >= 4 is 40.9 Å². The van der Waals surface area contributed by atoms with Crippen molar-refractivity contribution in [2.24, 2.45) is 0 Å². The Kier molecular flexibility index (Phi) is 6.07. The predicted octanol–water partition coefficient (Wildman–Crippen LogP) is 4.65. The molecule has 1 aliphatic heterocycles. The smallest absolute Gasteiger partial charge is 0.251 e. The number of benzene rings is 2. The van der Waals surface area contributed by atoms with Gasteiger partial charge in [0, 0.05) is 27.1 Å². The number of thioether (sulfide) groups is 1. The molecule has 2 amide bonds. The van der Waals surface area contributed by atoms with Gasteiger partial charge >= 0.3 is 0 Å². The molecule has 1 heterocycles. The summed E-state index contributed by atoms with van der Waals surface area (Å²) in [6.45, 7) is 3.95. The number of carbonyl (C=O) groups excluding carboxylic acids is 2. The summed E-state index contributed by atoms with van der Waals surface area (Å²) in [5.41, 5.74) is 1.33. The van der Waals surface area contributed by atoms with Crippen LogP contribution in [0, 0.1) is 5.82 Å². The molecule has 1 aliphatic rings. The third kappa shape index (κ3) is 4.28. The quantitative estimate of drug-likeness (QED) is 0.786. The van der Waals surface area contributed by atoms with E-state index in [1.165, 1.54) is 28.8 Å². The minimum absolute atomic E-state index is 0.0222. The van der Waals surface area contributed by atoms with Crippen molar-refractivity contribution in [3.8, 4) is 0 Å². The monoisotopic (exact) mass is 406 g/mol. The number of nitrogens with zero attached hydrogens (tertiary/aromatic N) is 1. The zero-order chi connectivity index (χ0) is 19.6. The zero-order valence-electron chi connectivity index (χ0n) is 15.1. The molecule has 3 rings (SSSR count). The van der Waals surface area contributed by atoms with Crippen LogP contribution in [0.5, 0.6) is 0 Å². The van der Waals surface area contributed by atoms with Crippen molar-refractivity contribution in [2.45, 2.75) is 37.8 Å². The molecular weight excluding hydrogens is 387 g/mol. The SMILES string of the molecule is CC[C@@H](C)NC(=O)c1ccc2c(c1)N(Cc1c(F)cccc1Cl)C(=O)CS2. The Morgan fingerprint density at radius 1 is 1.37 bits per heavy atom. The minimum Gasteiger partial charge on any atom is -0.350 e. The fraction of sp³-hybridized carbons (Fsp3) is 0.300. The van der Waals surface area contributed by atoms with Crippen molar-refractivity contribution in [1.82, 2.24) is 5.32 Å². The van der Waals surface area contributed by atoms with E-state index in [1.54, 1.807) is 18.2 Å². The van der Waals surface area contributed by atoms with E-state index in [2.05, 4.69) is 5.32 Å². The van der Waals surface area contributed by atoms with E-state index in [1.807, 2.05) is 19.9 Å².